The van der Waals surface area contributed by atoms with Crippen LogP contribution in [0.2, 0.25) is 0 Å². The van der Waals surface area contributed by atoms with Crippen LogP contribution in [0.15, 0.2) is 24.3 Å². The molecule has 0 spiro atoms. The summed E-state index contributed by atoms with van der Waals surface area (Å²) in [5.74, 6) is 0. The van der Waals surface area contributed by atoms with Gasteiger partial charge in [-0.1, -0.05) is 50.0 Å². The summed E-state index contributed by atoms with van der Waals surface area (Å²) in [4.78, 5) is 14.5. The van der Waals surface area contributed by atoms with E-state index in [4.69, 9.17) is 68.4 Å². The first-order valence-corrected chi connectivity index (χ1v) is 22.1. The van der Waals surface area contributed by atoms with Crippen molar-refractivity contribution in [1.82, 2.24) is 0 Å². The van der Waals surface area contributed by atoms with Crippen LogP contribution in [0.25, 0.3) is 11.2 Å². The number of nitroso groups, excluding NO2 is 2. The van der Waals surface area contributed by atoms with Crippen molar-refractivity contribution in [2.45, 2.75) is 77.0 Å². The van der Waals surface area contributed by atoms with Crippen LogP contribution in [-0.2, 0) is 41.2 Å². The summed E-state index contributed by atoms with van der Waals surface area (Å²) in [6.45, 7) is 9.00. The van der Waals surface area contributed by atoms with E-state index in [0.29, 0.717) is 0 Å². The molecule has 0 atom stereocenters. The van der Waals surface area contributed by atoms with Gasteiger partial charge in [0.15, 0.2) is 0 Å². The third-order valence-corrected chi connectivity index (χ3v) is 3.32. The van der Waals surface area contributed by atoms with E-state index in [9.17, 15) is 0 Å². The Balaban J connectivity index is -0.0000000611. The minimum atomic E-state index is -0.722. The predicted molar refractivity (Wildman–Crippen MR) is 118 cm³/mol. The Morgan fingerprint density at radius 1 is 0.500 bits per heavy atom. The fraction of sp³-hybridized carbons (Fsp3) is 0.667. The Morgan fingerprint density at radius 3 is 0.767 bits per heavy atom. The van der Waals surface area contributed by atoms with E-state index >= 15 is 0 Å². The molecule has 0 fully saturated rings. The molecule has 0 N–H and O–H groups in total. The van der Waals surface area contributed by atoms with Crippen molar-refractivity contribution in [1.29, 1.82) is 0 Å². The first kappa shape index (κ1) is 44.3. The molecule has 2 aliphatic rings. The zero-order valence-corrected chi connectivity index (χ0v) is 25.0. The van der Waals surface area contributed by atoms with Crippen molar-refractivity contribution >= 4 is 38.1 Å². The van der Waals surface area contributed by atoms with Gasteiger partial charge < -0.3 is 21.0 Å². The van der Waals surface area contributed by atoms with Gasteiger partial charge in [0.1, 0.15) is 0 Å². The molecule has 178 valence electrons. The van der Waals surface area contributed by atoms with Crippen LogP contribution in [0.3, 0.4) is 0 Å². The van der Waals surface area contributed by atoms with E-state index in [1.165, 1.54) is 77.0 Å². The summed E-state index contributed by atoms with van der Waals surface area (Å²) in [7, 11) is 19.7. The van der Waals surface area contributed by atoms with E-state index in [1.807, 2.05) is 0 Å². The smallest absolute Gasteiger partial charge is 0.423 e. The Kier molecular flexibility index (Phi) is 103. The fourth-order valence-corrected chi connectivity index (χ4v) is 2.23. The van der Waals surface area contributed by atoms with Gasteiger partial charge in [0, 0.05) is 0 Å². The number of nitrogens with zero attached hydrogens (tertiary/aromatic N) is 2. The third-order valence-electron chi connectivity index (χ3n) is 3.32. The first-order valence-electron chi connectivity index (χ1n) is 8.64. The SMILES string of the molecule is C1=C\CCCCCC/1.C1=C\CCCCCC/1.[C-]#[O+].[C-]#[O+].[Cl][Re][Cl].[Cl][Re][Cl].[N-]=O.[N-]=O. The molecule has 0 aromatic heterocycles. The molecule has 0 saturated heterocycles. The quantitative estimate of drug-likeness (QED) is 0.137. The van der Waals surface area contributed by atoms with Gasteiger partial charge in [0.05, 0.1) is 0 Å². The van der Waals surface area contributed by atoms with E-state index in [-0.39, 0.29) is 0 Å². The molecular weight excluding hydrogens is 822 g/mol. The number of hydrogen-bond donors (Lipinski definition) is 0. The van der Waals surface area contributed by atoms with Gasteiger partial charge in [-0.05, 0) is 51.4 Å². The van der Waals surface area contributed by atoms with Gasteiger partial charge in [0.25, 0.3) is 0 Å². The molecule has 0 bridgehead atoms. The molecule has 0 unspecified atom stereocenters. The molecule has 0 saturated carbocycles. The zero-order chi connectivity index (χ0) is 24.7. The summed E-state index contributed by atoms with van der Waals surface area (Å²) in [5.41, 5.74) is 11.5. The minimum absolute atomic E-state index is 0.722. The van der Waals surface area contributed by atoms with Crippen molar-refractivity contribution < 1.29 is 41.2 Å². The van der Waals surface area contributed by atoms with Crippen LogP contribution in [-0.4, -0.2) is 0 Å². The molecule has 0 amide bonds. The molecule has 12 heteroatoms. The van der Waals surface area contributed by atoms with E-state index < -0.39 is 31.9 Å². The second kappa shape index (κ2) is 70.0. The molecule has 0 aromatic carbocycles. The van der Waals surface area contributed by atoms with Gasteiger partial charge in [-0.25, -0.2) is 0 Å². The van der Waals surface area contributed by atoms with Gasteiger partial charge in [0.2, 0.25) is 0 Å². The summed E-state index contributed by atoms with van der Waals surface area (Å²) in [6, 6.07) is 0. The topological polar surface area (TPSA) is 119 Å². The Morgan fingerprint density at radius 2 is 0.633 bits per heavy atom. The average molecular weight is 851 g/mol. The number of allylic oxidation sites excluding steroid dienone is 4. The summed E-state index contributed by atoms with van der Waals surface area (Å²) >= 11 is -1.44. The van der Waals surface area contributed by atoms with Gasteiger partial charge >= 0.3 is 92.6 Å². The van der Waals surface area contributed by atoms with E-state index in [0.717, 1.165) is 0 Å². The maximum absolute atomic E-state index is 7.50. The number of rotatable bonds is 0. The predicted octanol–water partition coefficient (Wildman–Crippen LogP) is 9.12. The maximum atomic E-state index is 7.50. The first-order chi connectivity index (χ1) is 14.8. The molecule has 30 heavy (non-hydrogen) atoms. The Labute approximate surface area is 213 Å². The van der Waals surface area contributed by atoms with Crippen molar-refractivity contribution in [2.75, 3.05) is 0 Å². The second-order valence-corrected chi connectivity index (χ2v) is 12.9. The Bertz CT molecular complexity index is 303. The molecule has 0 aromatic rings. The number of hydrogen-bond acceptors (Lipinski definition) is 2. The summed E-state index contributed by atoms with van der Waals surface area (Å²) in [5, 5.41) is 0. The monoisotopic (exact) mass is 850 g/mol. The third kappa shape index (κ3) is 79.0. The zero-order valence-electron chi connectivity index (χ0n) is 16.6. The molecule has 2 aliphatic carbocycles. The van der Waals surface area contributed by atoms with Crippen LogP contribution in [0.5, 0.6) is 0 Å². The van der Waals surface area contributed by atoms with Crippen molar-refractivity contribution in [3.63, 3.8) is 0 Å². The van der Waals surface area contributed by atoms with Gasteiger partial charge in [-0.3, -0.25) is 0 Å². The van der Waals surface area contributed by atoms with Crippen molar-refractivity contribution in [2.24, 2.45) is 0 Å². The normalized spacial score (nSPS) is 15.5. The fourth-order valence-electron chi connectivity index (χ4n) is 2.23. The van der Waals surface area contributed by atoms with Crippen LogP contribution in [0.4, 0.5) is 0 Å². The summed E-state index contributed by atoms with van der Waals surface area (Å²) in [6.07, 6.45) is 26.0. The Hall–Kier alpha value is 0.645. The molecule has 2 rings (SSSR count). The average Bonchev–Trinajstić information content (AvgIpc) is 2.75. The maximum Gasteiger partial charge on any atom is -0.423 e. The molecule has 0 heterocycles. The van der Waals surface area contributed by atoms with Gasteiger partial charge in [-0.2, -0.15) is 0 Å². The van der Waals surface area contributed by atoms with Crippen LogP contribution < -0.4 is 0 Å². The summed E-state index contributed by atoms with van der Waals surface area (Å²) < 4.78 is 15.0. The van der Waals surface area contributed by atoms with E-state index in [1.54, 1.807) is 0 Å². The van der Waals surface area contributed by atoms with Crippen molar-refractivity contribution in [3.8, 4) is 0 Å². The molecular formula is C18H28Cl4N2O4Re2-2. The van der Waals surface area contributed by atoms with Crippen molar-refractivity contribution in [3.05, 3.63) is 58.6 Å². The largest absolute Gasteiger partial charge is 0.577 e. The number of halogens is 4. The molecule has 6 nitrogen and oxygen atoms in total. The van der Waals surface area contributed by atoms with Crippen LogP contribution >= 0.6 is 38.1 Å². The van der Waals surface area contributed by atoms with E-state index in [2.05, 4.69) is 37.6 Å². The second-order valence-electron chi connectivity index (χ2n) is 5.03. The van der Waals surface area contributed by atoms with Crippen LogP contribution in [0.1, 0.15) is 77.0 Å². The van der Waals surface area contributed by atoms with Crippen LogP contribution in [0, 0.1) is 23.1 Å². The minimum Gasteiger partial charge on any atom is -0.577 e. The standard InChI is InChI=1S/2C8H14.2CO.4ClH.2NO.2Re/c2*1-2-4-6-8-7-5-3-1;2*1-2;;;;;2*1-2;;/h2*1-2H,3-8H2;;;4*1H;;;;/q;;;;;;;;2*-1;2*+2/p-4/b2*2-1-;;;;;;;;;;. The molecule has 0 aliphatic heterocycles. The van der Waals surface area contributed by atoms with Gasteiger partial charge in [-0.15, -0.1) is 0 Å². The molecule has 0 radical (unpaired) electrons.